The van der Waals surface area contributed by atoms with Crippen molar-refractivity contribution >= 4 is 32.7 Å². The van der Waals surface area contributed by atoms with Gasteiger partial charge in [-0.3, -0.25) is 10.0 Å². The van der Waals surface area contributed by atoms with Crippen LogP contribution in [0.15, 0.2) is 70.6 Å². The molecule has 0 saturated carbocycles. The van der Waals surface area contributed by atoms with Gasteiger partial charge in [0, 0.05) is 23.2 Å². The van der Waals surface area contributed by atoms with Crippen molar-refractivity contribution in [1.82, 2.24) is 10.5 Å². The molecule has 3 rings (SSSR count). The molecule has 0 saturated heterocycles. The number of H-pyrrole nitrogens is 1. The summed E-state index contributed by atoms with van der Waals surface area (Å²) < 4.78 is 25.6. The van der Waals surface area contributed by atoms with Gasteiger partial charge in [0.2, 0.25) is 9.84 Å². The van der Waals surface area contributed by atoms with E-state index in [4.69, 9.17) is 5.21 Å². The lowest BCUT2D eigenvalue weighted by molar-refractivity contribution is -0.124. The molecule has 0 aliphatic rings. The maximum atomic E-state index is 12.8. The molecule has 1 aromatic heterocycles. The van der Waals surface area contributed by atoms with Crippen molar-refractivity contribution in [3.05, 3.63) is 66.4 Å². The normalized spacial score (nSPS) is 11.9. The van der Waals surface area contributed by atoms with E-state index in [1.165, 1.54) is 17.8 Å². The Balaban J connectivity index is 2.10. The summed E-state index contributed by atoms with van der Waals surface area (Å²) in [5, 5.41) is 9.03. The summed E-state index contributed by atoms with van der Waals surface area (Å²) >= 11 is 0. The molecule has 0 atom stereocenters. The molecule has 0 unspecified atom stereocenters. The van der Waals surface area contributed by atoms with Crippen LogP contribution in [0.25, 0.3) is 17.0 Å². The van der Waals surface area contributed by atoms with Crippen molar-refractivity contribution in [1.29, 1.82) is 0 Å². The first-order chi connectivity index (χ1) is 11.5. The van der Waals surface area contributed by atoms with Gasteiger partial charge >= 0.3 is 0 Å². The molecule has 1 amide bonds. The van der Waals surface area contributed by atoms with Crippen molar-refractivity contribution in [3.8, 4) is 0 Å². The molecule has 3 N–H and O–H groups in total. The van der Waals surface area contributed by atoms with Gasteiger partial charge in [0.25, 0.3) is 5.91 Å². The second-order valence-corrected chi connectivity index (χ2v) is 7.00. The molecule has 2 aromatic carbocycles. The summed E-state index contributed by atoms with van der Waals surface area (Å²) in [6, 6.07) is 13.3. The fourth-order valence-electron chi connectivity index (χ4n) is 2.37. The molecule has 122 valence electrons. The van der Waals surface area contributed by atoms with Crippen molar-refractivity contribution in [2.75, 3.05) is 0 Å². The number of carbonyl (C=O) groups excluding carboxylic acids is 1. The number of aromatic amines is 1. The van der Waals surface area contributed by atoms with Gasteiger partial charge in [0.1, 0.15) is 0 Å². The SMILES string of the molecule is O=C(/C=C/c1ccc2[nH]cc(S(=O)(=O)c3ccccc3)c2c1)NO. The third-order valence-electron chi connectivity index (χ3n) is 3.55. The van der Waals surface area contributed by atoms with Crippen molar-refractivity contribution < 1.29 is 18.4 Å². The van der Waals surface area contributed by atoms with E-state index in [0.29, 0.717) is 16.5 Å². The van der Waals surface area contributed by atoms with E-state index in [-0.39, 0.29) is 9.79 Å². The number of hydroxylamine groups is 1. The van der Waals surface area contributed by atoms with Crippen LogP contribution in [0.4, 0.5) is 0 Å². The zero-order valence-corrected chi connectivity index (χ0v) is 13.2. The van der Waals surface area contributed by atoms with Crippen LogP contribution in [0.5, 0.6) is 0 Å². The summed E-state index contributed by atoms with van der Waals surface area (Å²) in [6.45, 7) is 0. The summed E-state index contributed by atoms with van der Waals surface area (Å²) in [5.74, 6) is -0.665. The lowest BCUT2D eigenvalue weighted by atomic mass is 10.1. The predicted octanol–water partition coefficient (Wildman–Crippen LogP) is 2.52. The minimum absolute atomic E-state index is 0.172. The largest absolute Gasteiger partial charge is 0.360 e. The lowest BCUT2D eigenvalue weighted by Crippen LogP contribution is -2.14. The number of hydrogen-bond donors (Lipinski definition) is 3. The highest BCUT2D eigenvalue weighted by Crippen LogP contribution is 2.29. The number of sulfone groups is 1. The van der Waals surface area contributed by atoms with Gasteiger partial charge in [-0.1, -0.05) is 24.3 Å². The number of aromatic nitrogens is 1. The second kappa shape index (κ2) is 6.31. The molecule has 0 aliphatic heterocycles. The van der Waals surface area contributed by atoms with E-state index in [1.807, 2.05) is 0 Å². The van der Waals surface area contributed by atoms with Gasteiger partial charge in [-0.25, -0.2) is 13.9 Å². The Morgan fingerprint density at radius 2 is 1.88 bits per heavy atom. The second-order valence-electron chi connectivity index (χ2n) is 5.08. The van der Waals surface area contributed by atoms with E-state index >= 15 is 0 Å². The zero-order valence-electron chi connectivity index (χ0n) is 12.4. The van der Waals surface area contributed by atoms with Crippen LogP contribution in [0.2, 0.25) is 0 Å². The molecular weight excluding hydrogens is 328 g/mol. The molecule has 1 heterocycles. The van der Waals surface area contributed by atoms with Crippen LogP contribution in [-0.4, -0.2) is 24.5 Å². The van der Waals surface area contributed by atoms with E-state index in [9.17, 15) is 13.2 Å². The number of carbonyl (C=O) groups is 1. The fourth-order valence-corrected chi connectivity index (χ4v) is 3.82. The predicted molar refractivity (Wildman–Crippen MR) is 89.2 cm³/mol. The molecule has 0 radical (unpaired) electrons. The lowest BCUT2D eigenvalue weighted by Gasteiger charge is -2.03. The molecule has 0 fully saturated rings. The molecule has 0 bridgehead atoms. The minimum atomic E-state index is -3.65. The number of amides is 1. The fraction of sp³-hybridized carbons (Fsp3) is 0. The Labute approximate surface area is 138 Å². The van der Waals surface area contributed by atoms with Gasteiger partial charge < -0.3 is 4.98 Å². The third kappa shape index (κ3) is 2.94. The van der Waals surface area contributed by atoms with Crippen LogP contribution >= 0.6 is 0 Å². The van der Waals surface area contributed by atoms with E-state index in [2.05, 4.69) is 4.98 Å². The summed E-state index contributed by atoms with van der Waals surface area (Å²) in [7, 11) is -3.65. The monoisotopic (exact) mass is 342 g/mol. The van der Waals surface area contributed by atoms with Gasteiger partial charge in [0.15, 0.2) is 0 Å². The number of nitrogens with one attached hydrogen (secondary N) is 2. The van der Waals surface area contributed by atoms with E-state index < -0.39 is 15.7 Å². The van der Waals surface area contributed by atoms with E-state index in [0.717, 1.165) is 6.08 Å². The third-order valence-corrected chi connectivity index (χ3v) is 5.36. The highest BCUT2D eigenvalue weighted by atomic mass is 32.2. The van der Waals surface area contributed by atoms with Gasteiger partial charge in [0.05, 0.1) is 9.79 Å². The molecule has 0 spiro atoms. The minimum Gasteiger partial charge on any atom is -0.360 e. The Bertz CT molecular complexity index is 1020. The number of rotatable bonds is 4. The van der Waals surface area contributed by atoms with Gasteiger partial charge in [-0.2, -0.15) is 0 Å². The van der Waals surface area contributed by atoms with Crippen LogP contribution < -0.4 is 5.48 Å². The van der Waals surface area contributed by atoms with Crippen molar-refractivity contribution in [3.63, 3.8) is 0 Å². The molecule has 24 heavy (non-hydrogen) atoms. The van der Waals surface area contributed by atoms with Crippen LogP contribution in [0, 0.1) is 0 Å². The standard InChI is InChI=1S/C17H14N2O4S/c20-17(19-21)9-7-12-6-8-15-14(10-12)16(11-18-15)24(22,23)13-4-2-1-3-5-13/h1-11,18,21H,(H,19,20)/b9-7+. The van der Waals surface area contributed by atoms with Crippen LogP contribution in [0.1, 0.15) is 5.56 Å². The Morgan fingerprint density at radius 3 is 2.58 bits per heavy atom. The zero-order chi connectivity index (χ0) is 17.2. The van der Waals surface area contributed by atoms with Gasteiger partial charge in [-0.05, 0) is 35.9 Å². The Morgan fingerprint density at radius 1 is 1.12 bits per heavy atom. The maximum absolute atomic E-state index is 12.8. The van der Waals surface area contributed by atoms with Crippen LogP contribution in [-0.2, 0) is 14.6 Å². The molecule has 7 heteroatoms. The Kier molecular flexibility index (Phi) is 4.20. The topological polar surface area (TPSA) is 99.3 Å². The maximum Gasteiger partial charge on any atom is 0.267 e. The summed E-state index contributed by atoms with van der Waals surface area (Å²) in [5.41, 5.74) is 2.81. The van der Waals surface area contributed by atoms with Gasteiger partial charge in [-0.15, -0.1) is 0 Å². The van der Waals surface area contributed by atoms with Crippen LogP contribution in [0.3, 0.4) is 0 Å². The first-order valence-corrected chi connectivity index (χ1v) is 8.54. The Hall–Kier alpha value is -2.90. The number of benzene rings is 2. The van der Waals surface area contributed by atoms with Crippen molar-refractivity contribution in [2.45, 2.75) is 9.79 Å². The van der Waals surface area contributed by atoms with Crippen molar-refractivity contribution in [2.24, 2.45) is 0 Å². The number of fused-ring (bicyclic) bond motifs is 1. The number of hydrogen-bond acceptors (Lipinski definition) is 4. The average Bonchev–Trinajstić information content (AvgIpc) is 3.04. The molecular formula is C17H14N2O4S. The average molecular weight is 342 g/mol. The highest BCUT2D eigenvalue weighted by molar-refractivity contribution is 7.91. The van der Waals surface area contributed by atoms with E-state index in [1.54, 1.807) is 48.5 Å². The summed E-state index contributed by atoms with van der Waals surface area (Å²) in [4.78, 5) is 14.4. The molecule has 0 aliphatic carbocycles. The first kappa shape index (κ1) is 16.0. The quantitative estimate of drug-likeness (QED) is 0.385. The molecule has 6 nitrogen and oxygen atoms in total. The summed E-state index contributed by atoms with van der Waals surface area (Å²) in [6.07, 6.45) is 4.09. The first-order valence-electron chi connectivity index (χ1n) is 7.06. The smallest absolute Gasteiger partial charge is 0.267 e. The molecule has 3 aromatic rings. The highest BCUT2D eigenvalue weighted by Gasteiger charge is 2.21.